The van der Waals surface area contributed by atoms with Gasteiger partial charge in [-0.25, -0.2) is 4.79 Å². The summed E-state index contributed by atoms with van der Waals surface area (Å²) in [5.41, 5.74) is 3.74. The molecule has 166 valence electrons. The summed E-state index contributed by atoms with van der Waals surface area (Å²) in [6.45, 7) is 10.7. The van der Waals surface area contributed by atoms with Gasteiger partial charge in [0.2, 0.25) is 0 Å². The van der Waals surface area contributed by atoms with Crippen molar-refractivity contribution in [1.29, 1.82) is 0 Å². The number of thioether (sulfide) groups is 1. The van der Waals surface area contributed by atoms with Crippen molar-refractivity contribution in [2.24, 2.45) is 0 Å². The van der Waals surface area contributed by atoms with E-state index in [2.05, 4.69) is 37.4 Å². The van der Waals surface area contributed by atoms with Gasteiger partial charge in [0.15, 0.2) is 0 Å². The van der Waals surface area contributed by atoms with Crippen LogP contribution in [0.3, 0.4) is 0 Å². The zero-order valence-corrected chi connectivity index (χ0v) is 19.4. The van der Waals surface area contributed by atoms with Gasteiger partial charge < -0.3 is 9.47 Å². The molecule has 0 saturated carbocycles. The lowest BCUT2D eigenvalue weighted by atomic mass is 10.00. The van der Waals surface area contributed by atoms with Crippen LogP contribution in [0.15, 0.2) is 73.3 Å². The van der Waals surface area contributed by atoms with Gasteiger partial charge in [-0.3, -0.25) is 0 Å². The summed E-state index contributed by atoms with van der Waals surface area (Å²) >= 11 is 1.98. The van der Waals surface area contributed by atoms with Crippen LogP contribution >= 0.6 is 11.8 Å². The van der Waals surface area contributed by atoms with Gasteiger partial charge in [-0.2, -0.15) is 11.8 Å². The third kappa shape index (κ3) is 9.93. The van der Waals surface area contributed by atoms with Crippen LogP contribution in [0.2, 0.25) is 0 Å². The first-order valence-corrected chi connectivity index (χ1v) is 12.1. The summed E-state index contributed by atoms with van der Waals surface area (Å²) in [4.78, 5) is 11.3. The van der Waals surface area contributed by atoms with Crippen molar-refractivity contribution in [3.63, 3.8) is 0 Å². The van der Waals surface area contributed by atoms with E-state index in [1.54, 1.807) is 6.92 Å². The van der Waals surface area contributed by atoms with Gasteiger partial charge in [0.1, 0.15) is 5.75 Å². The van der Waals surface area contributed by atoms with Crippen LogP contribution in [-0.4, -0.2) is 30.7 Å². The second-order valence-corrected chi connectivity index (χ2v) is 8.74. The second-order valence-electron chi connectivity index (χ2n) is 7.51. The van der Waals surface area contributed by atoms with Gasteiger partial charge in [-0.1, -0.05) is 68.5 Å². The highest BCUT2D eigenvalue weighted by Gasteiger charge is 2.03. The summed E-state index contributed by atoms with van der Waals surface area (Å²) in [7, 11) is 0. The molecule has 3 nitrogen and oxygen atoms in total. The minimum atomic E-state index is -0.286. The van der Waals surface area contributed by atoms with Crippen LogP contribution in [0.1, 0.15) is 50.2 Å². The molecular weight excluding hydrogens is 404 g/mol. The highest BCUT2D eigenvalue weighted by Crippen LogP contribution is 2.23. The fourth-order valence-electron chi connectivity index (χ4n) is 2.96. The van der Waals surface area contributed by atoms with E-state index in [0.717, 1.165) is 54.1 Å². The van der Waals surface area contributed by atoms with Crippen molar-refractivity contribution < 1.29 is 14.3 Å². The van der Waals surface area contributed by atoms with E-state index in [4.69, 9.17) is 9.47 Å². The molecule has 0 bridgehead atoms. The van der Waals surface area contributed by atoms with E-state index < -0.39 is 0 Å². The zero-order chi connectivity index (χ0) is 22.3. The lowest BCUT2D eigenvalue weighted by Gasteiger charge is -2.09. The van der Waals surface area contributed by atoms with E-state index >= 15 is 0 Å². The highest BCUT2D eigenvalue weighted by atomic mass is 32.2. The van der Waals surface area contributed by atoms with Crippen molar-refractivity contribution in [2.75, 3.05) is 24.7 Å². The third-order valence-electron chi connectivity index (χ3n) is 4.79. The molecular formula is C27H34O3S. The summed E-state index contributed by atoms with van der Waals surface area (Å²) in [5, 5.41) is 0. The third-order valence-corrected chi connectivity index (χ3v) is 5.95. The molecule has 2 aromatic rings. The van der Waals surface area contributed by atoms with E-state index in [9.17, 15) is 4.79 Å². The first-order chi connectivity index (χ1) is 15.1. The Kier molecular flexibility index (Phi) is 11.6. The number of carbonyl (C=O) groups is 1. The lowest BCUT2D eigenvalue weighted by molar-refractivity contribution is -0.139. The Morgan fingerprint density at radius 1 is 0.806 bits per heavy atom. The number of rotatable bonds is 15. The molecule has 4 heteroatoms. The summed E-state index contributed by atoms with van der Waals surface area (Å²) in [5.74, 6) is 2.90. The molecule has 0 atom stereocenters. The maximum absolute atomic E-state index is 11.3. The molecule has 2 rings (SSSR count). The number of carbonyl (C=O) groups excluding carboxylic acids is 1. The van der Waals surface area contributed by atoms with Gasteiger partial charge in [0, 0.05) is 5.57 Å². The Balaban J connectivity index is 1.47. The van der Waals surface area contributed by atoms with Crippen molar-refractivity contribution in [2.45, 2.75) is 39.0 Å². The standard InChI is InChI=1S/C27H34O3S/c1-22(2)27(28)30-18-9-4-5-10-20-31-21-11-19-29-26-16-14-25(15-17-26)23(3)24-12-7-6-8-13-24/h6-8,12-17H,1,3-5,9-11,18-21H2,2H3. The summed E-state index contributed by atoms with van der Waals surface area (Å²) < 4.78 is 11.0. The minimum absolute atomic E-state index is 0.286. The predicted molar refractivity (Wildman–Crippen MR) is 133 cm³/mol. The Bertz CT molecular complexity index is 812. The number of hydrogen-bond donors (Lipinski definition) is 0. The molecule has 31 heavy (non-hydrogen) atoms. The molecule has 0 spiro atoms. The number of benzene rings is 2. The number of hydrogen-bond acceptors (Lipinski definition) is 4. The Labute approximate surface area is 191 Å². The van der Waals surface area contributed by atoms with Crippen LogP contribution in [0.5, 0.6) is 5.75 Å². The van der Waals surface area contributed by atoms with Crippen molar-refractivity contribution in [3.8, 4) is 5.75 Å². The van der Waals surface area contributed by atoms with Gasteiger partial charge >= 0.3 is 5.97 Å². The van der Waals surface area contributed by atoms with Crippen molar-refractivity contribution in [3.05, 3.63) is 84.5 Å². The van der Waals surface area contributed by atoms with Crippen molar-refractivity contribution >= 4 is 23.3 Å². The predicted octanol–water partition coefficient (Wildman–Crippen LogP) is 6.93. The minimum Gasteiger partial charge on any atom is -0.494 e. The molecule has 0 aliphatic carbocycles. The first kappa shape index (κ1) is 24.8. The second kappa shape index (κ2) is 14.5. The van der Waals surface area contributed by atoms with Crippen LogP contribution in [0.25, 0.3) is 5.57 Å². The van der Waals surface area contributed by atoms with Crippen molar-refractivity contribution in [1.82, 2.24) is 0 Å². The molecule has 0 saturated heterocycles. The van der Waals surface area contributed by atoms with Crippen LogP contribution in [0.4, 0.5) is 0 Å². The first-order valence-electron chi connectivity index (χ1n) is 11.0. The topological polar surface area (TPSA) is 35.5 Å². The highest BCUT2D eigenvalue weighted by molar-refractivity contribution is 7.99. The summed E-state index contributed by atoms with van der Waals surface area (Å²) in [6, 6.07) is 18.4. The SMILES string of the molecule is C=C(C)C(=O)OCCCCCCSCCCOc1ccc(C(=C)c2ccccc2)cc1. The number of esters is 1. The van der Waals surface area contributed by atoms with Crippen LogP contribution in [-0.2, 0) is 9.53 Å². The van der Waals surface area contributed by atoms with Gasteiger partial charge in [0.05, 0.1) is 13.2 Å². The quantitative estimate of drug-likeness (QED) is 0.172. The molecule has 2 aromatic carbocycles. The molecule has 0 N–H and O–H groups in total. The number of unbranched alkanes of at least 4 members (excludes halogenated alkanes) is 3. The Morgan fingerprint density at radius 2 is 1.45 bits per heavy atom. The molecule has 0 aliphatic heterocycles. The number of ether oxygens (including phenoxy) is 2. The molecule has 0 heterocycles. The Morgan fingerprint density at radius 3 is 2.16 bits per heavy atom. The Hall–Kier alpha value is -2.46. The van der Waals surface area contributed by atoms with E-state index in [0.29, 0.717) is 12.2 Å². The average Bonchev–Trinajstić information content (AvgIpc) is 2.80. The molecule has 0 radical (unpaired) electrons. The van der Waals surface area contributed by atoms with Gasteiger partial charge in [-0.15, -0.1) is 0 Å². The van der Waals surface area contributed by atoms with E-state index in [-0.39, 0.29) is 5.97 Å². The maximum Gasteiger partial charge on any atom is 0.333 e. The molecule has 0 aliphatic rings. The molecule has 0 fully saturated rings. The van der Waals surface area contributed by atoms with Crippen LogP contribution in [0, 0.1) is 0 Å². The van der Waals surface area contributed by atoms with E-state index in [1.165, 1.54) is 18.6 Å². The fourth-order valence-corrected chi connectivity index (χ4v) is 3.89. The monoisotopic (exact) mass is 438 g/mol. The molecule has 0 aromatic heterocycles. The lowest BCUT2D eigenvalue weighted by Crippen LogP contribution is -2.06. The van der Waals surface area contributed by atoms with Gasteiger partial charge in [-0.05, 0) is 66.5 Å². The smallest absolute Gasteiger partial charge is 0.333 e. The van der Waals surface area contributed by atoms with Gasteiger partial charge in [0.25, 0.3) is 0 Å². The summed E-state index contributed by atoms with van der Waals surface area (Å²) in [6.07, 6.45) is 5.44. The van der Waals surface area contributed by atoms with Crippen LogP contribution < -0.4 is 4.74 Å². The fraction of sp³-hybridized carbons (Fsp3) is 0.370. The zero-order valence-electron chi connectivity index (χ0n) is 18.6. The van der Waals surface area contributed by atoms with E-state index in [1.807, 2.05) is 42.1 Å². The maximum atomic E-state index is 11.3. The normalized spacial score (nSPS) is 10.5. The molecule has 0 unspecified atom stereocenters. The molecule has 0 amide bonds. The average molecular weight is 439 g/mol. The largest absolute Gasteiger partial charge is 0.494 e.